The quantitative estimate of drug-likeness (QED) is 0.767. The largest absolute Gasteiger partial charge is 0.481 e. The van der Waals surface area contributed by atoms with Gasteiger partial charge < -0.3 is 19.5 Å². The van der Waals surface area contributed by atoms with E-state index in [0.717, 1.165) is 0 Å². The van der Waals surface area contributed by atoms with Crippen LogP contribution in [0.15, 0.2) is 0 Å². The fourth-order valence-corrected chi connectivity index (χ4v) is 1.81. The number of hydrogen-bond acceptors (Lipinski definition) is 5. The Kier molecular flexibility index (Phi) is 4.07. The Morgan fingerprint density at radius 2 is 1.79 bits per heavy atom. The molecule has 0 aromatic rings. The number of likely N-dealkylation sites (tertiary alicyclic amines) is 1. The molecule has 0 aromatic carbocycles. The van der Waals surface area contributed by atoms with Crippen LogP contribution in [0.25, 0.3) is 0 Å². The average molecular weight is 273 g/mol. The second-order valence-electron chi connectivity index (χ2n) is 5.67. The van der Waals surface area contributed by atoms with Gasteiger partial charge in [-0.3, -0.25) is 9.59 Å². The van der Waals surface area contributed by atoms with Crippen molar-refractivity contribution in [1.82, 2.24) is 4.90 Å². The average Bonchev–Trinajstić information content (AvgIpc) is 2.18. The Labute approximate surface area is 111 Å². The van der Waals surface area contributed by atoms with E-state index in [1.165, 1.54) is 12.0 Å². The number of esters is 1. The number of carboxylic acid groups (broad SMARTS) is 1. The van der Waals surface area contributed by atoms with Crippen molar-refractivity contribution in [2.24, 2.45) is 5.41 Å². The monoisotopic (exact) mass is 273 g/mol. The van der Waals surface area contributed by atoms with Crippen LogP contribution in [0, 0.1) is 5.41 Å². The van der Waals surface area contributed by atoms with Crippen LogP contribution in [-0.4, -0.2) is 53.8 Å². The Bertz CT molecular complexity index is 392. The van der Waals surface area contributed by atoms with Crippen molar-refractivity contribution in [3.8, 4) is 0 Å². The lowest BCUT2D eigenvalue weighted by Crippen LogP contribution is -2.63. The summed E-state index contributed by atoms with van der Waals surface area (Å²) >= 11 is 0. The standard InChI is InChI=1S/C12H19NO6/c1-11(2,3)19-10(17)13-6-12(7-13,9(15)16)5-8(14)18-4/h5-7H2,1-4H3,(H,15,16). The van der Waals surface area contributed by atoms with Crippen LogP contribution in [0.3, 0.4) is 0 Å². The van der Waals surface area contributed by atoms with Crippen LogP contribution in [0.1, 0.15) is 27.2 Å². The Morgan fingerprint density at radius 1 is 1.26 bits per heavy atom. The maximum atomic E-state index is 11.7. The molecule has 1 amide bonds. The summed E-state index contributed by atoms with van der Waals surface area (Å²) in [4.78, 5) is 35.4. The van der Waals surface area contributed by atoms with E-state index in [4.69, 9.17) is 4.74 Å². The van der Waals surface area contributed by atoms with Crippen LogP contribution < -0.4 is 0 Å². The van der Waals surface area contributed by atoms with E-state index in [9.17, 15) is 19.5 Å². The zero-order valence-corrected chi connectivity index (χ0v) is 11.6. The van der Waals surface area contributed by atoms with Crippen molar-refractivity contribution in [3.05, 3.63) is 0 Å². The molecule has 19 heavy (non-hydrogen) atoms. The first-order valence-corrected chi connectivity index (χ1v) is 5.88. The third-order valence-electron chi connectivity index (χ3n) is 2.80. The summed E-state index contributed by atoms with van der Waals surface area (Å²) in [7, 11) is 1.20. The Morgan fingerprint density at radius 3 is 2.16 bits per heavy atom. The molecule has 7 heteroatoms. The summed E-state index contributed by atoms with van der Waals surface area (Å²) in [5.74, 6) is -1.72. The first-order chi connectivity index (χ1) is 8.59. The number of hydrogen-bond donors (Lipinski definition) is 1. The van der Waals surface area contributed by atoms with Gasteiger partial charge in [0.2, 0.25) is 0 Å². The summed E-state index contributed by atoms with van der Waals surface area (Å²) in [6, 6.07) is 0. The van der Waals surface area contributed by atoms with Gasteiger partial charge in [-0.05, 0) is 20.8 Å². The molecule has 1 aliphatic rings. The van der Waals surface area contributed by atoms with Gasteiger partial charge in [0.15, 0.2) is 0 Å². The first kappa shape index (κ1) is 15.3. The highest BCUT2D eigenvalue weighted by Crippen LogP contribution is 2.35. The van der Waals surface area contributed by atoms with Gasteiger partial charge in [-0.15, -0.1) is 0 Å². The van der Waals surface area contributed by atoms with Crippen LogP contribution in [0.4, 0.5) is 4.79 Å². The highest BCUT2D eigenvalue weighted by Gasteiger charge is 2.53. The third kappa shape index (κ3) is 3.59. The van der Waals surface area contributed by atoms with E-state index in [0.29, 0.717) is 0 Å². The van der Waals surface area contributed by atoms with E-state index in [1.807, 2.05) is 0 Å². The van der Waals surface area contributed by atoms with Crippen LogP contribution in [-0.2, 0) is 19.1 Å². The molecule has 108 valence electrons. The molecule has 0 atom stereocenters. The lowest BCUT2D eigenvalue weighted by atomic mass is 9.77. The van der Waals surface area contributed by atoms with Crippen molar-refractivity contribution in [1.29, 1.82) is 0 Å². The van der Waals surface area contributed by atoms with Gasteiger partial charge in [0, 0.05) is 13.1 Å². The van der Waals surface area contributed by atoms with Crippen LogP contribution >= 0.6 is 0 Å². The Hall–Kier alpha value is -1.79. The van der Waals surface area contributed by atoms with Crippen molar-refractivity contribution >= 4 is 18.0 Å². The molecular formula is C12H19NO6. The smallest absolute Gasteiger partial charge is 0.410 e. The third-order valence-corrected chi connectivity index (χ3v) is 2.80. The number of rotatable bonds is 3. The molecule has 1 saturated heterocycles. The van der Waals surface area contributed by atoms with Gasteiger partial charge in [0.05, 0.1) is 13.5 Å². The normalized spacial score (nSPS) is 17.4. The summed E-state index contributed by atoms with van der Waals surface area (Å²) in [5, 5.41) is 9.17. The number of aliphatic carboxylic acids is 1. The second-order valence-corrected chi connectivity index (χ2v) is 5.67. The van der Waals surface area contributed by atoms with Crippen LogP contribution in [0.2, 0.25) is 0 Å². The fourth-order valence-electron chi connectivity index (χ4n) is 1.81. The van der Waals surface area contributed by atoms with Crippen molar-refractivity contribution in [3.63, 3.8) is 0 Å². The number of ether oxygens (including phenoxy) is 2. The predicted octanol–water partition coefficient (Wildman–Crippen LogP) is 0.871. The number of carbonyl (C=O) groups excluding carboxylic acids is 2. The highest BCUT2D eigenvalue weighted by atomic mass is 16.6. The molecule has 0 saturated carbocycles. The number of amides is 1. The molecule has 0 spiro atoms. The topological polar surface area (TPSA) is 93.1 Å². The molecule has 1 fully saturated rings. The van der Waals surface area contributed by atoms with Gasteiger partial charge in [-0.1, -0.05) is 0 Å². The fraction of sp³-hybridized carbons (Fsp3) is 0.750. The molecule has 0 aliphatic carbocycles. The van der Waals surface area contributed by atoms with E-state index in [-0.39, 0.29) is 19.5 Å². The van der Waals surface area contributed by atoms with Crippen molar-refractivity contribution < 1.29 is 29.0 Å². The summed E-state index contributed by atoms with van der Waals surface area (Å²) < 4.78 is 9.60. The molecule has 0 unspecified atom stereocenters. The predicted molar refractivity (Wildman–Crippen MR) is 64.5 cm³/mol. The number of carboxylic acids is 1. The maximum absolute atomic E-state index is 11.7. The molecule has 0 bridgehead atoms. The number of methoxy groups -OCH3 is 1. The van der Waals surface area contributed by atoms with Gasteiger partial charge in [-0.25, -0.2) is 4.79 Å². The van der Waals surface area contributed by atoms with Gasteiger partial charge in [0.1, 0.15) is 11.0 Å². The van der Waals surface area contributed by atoms with Gasteiger partial charge in [0.25, 0.3) is 0 Å². The molecular weight excluding hydrogens is 254 g/mol. The molecule has 1 rings (SSSR count). The Balaban J connectivity index is 2.63. The minimum Gasteiger partial charge on any atom is -0.481 e. The SMILES string of the molecule is COC(=O)CC1(C(=O)O)CN(C(=O)OC(C)(C)C)C1. The summed E-state index contributed by atoms with van der Waals surface area (Å²) in [6.07, 6.45) is -0.827. The minimum absolute atomic E-state index is 0.0493. The van der Waals surface area contributed by atoms with Gasteiger partial charge >= 0.3 is 18.0 Å². The zero-order chi connectivity index (χ0) is 14.8. The molecule has 1 heterocycles. The van der Waals surface area contributed by atoms with E-state index < -0.39 is 29.0 Å². The van der Waals surface area contributed by atoms with Gasteiger partial charge in [-0.2, -0.15) is 0 Å². The summed E-state index contributed by atoms with van der Waals surface area (Å²) in [5.41, 5.74) is -1.90. The number of nitrogens with zero attached hydrogens (tertiary/aromatic N) is 1. The first-order valence-electron chi connectivity index (χ1n) is 5.88. The minimum atomic E-state index is -1.26. The van der Waals surface area contributed by atoms with E-state index in [2.05, 4.69) is 4.74 Å². The van der Waals surface area contributed by atoms with E-state index in [1.54, 1.807) is 20.8 Å². The molecule has 7 nitrogen and oxygen atoms in total. The zero-order valence-electron chi connectivity index (χ0n) is 11.6. The highest BCUT2D eigenvalue weighted by molar-refractivity contribution is 5.86. The molecule has 0 aromatic heterocycles. The maximum Gasteiger partial charge on any atom is 0.410 e. The summed E-state index contributed by atoms with van der Waals surface area (Å²) in [6.45, 7) is 5.08. The van der Waals surface area contributed by atoms with Crippen molar-refractivity contribution in [2.75, 3.05) is 20.2 Å². The van der Waals surface area contributed by atoms with E-state index >= 15 is 0 Å². The molecule has 1 aliphatic heterocycles. The molecule has 1 N–H and O–H groups in total. The van der Waals surface area contributed by atoms with Crippen LogP contribution in [0.5, 0.6) is 0 Å². The molecule has 0 radical (unpaired) electrons. The van der Waals surface area contributed by atoms with Crippen molar-refractivity contribution in [2.45, 2.75) is 32.8 Å². The lowest BCUT2D eigenvalue weighted by molar-refractivity contribution is -0.167. The second kappa shape index (κ2) is 5.07. The number of carbonyl (C=O) groups is 3. The lowest BCUT2D eigenvalue weighted by Gasteiger charge is -2.46.